The molecule has 0 fully saturated rings. The molecule has 0 saturated heterocycles. The van der Waals surface area contributed by atoms with Gasteiger partial charge in [-0.25, -0.2) is 0 Å². The predicted octanol–water partition coefficient (Wildman–Crippen LogP) is 1.55. The number of benzene rings is 1. The van der Waals surface area contributed by atoms with Crippen molar-refractivity contribution in [2.24, 2.45) is 5.73 Å². The van der Waals surface area contributed by atoms with Gasteiger partial charge in [-0.2, -0.15) is 0 Å². The molecule has 1 atom stereocenters. The van der Waals surface area contributed by atoms with Crippen LogP contribution in [0.25, 0.3) is 0 Å². The Bertz CT molecular complexity index is 281. The quantitative estimate of drug-likeness (QED) is 0.739. The second-order valence-corrected chi connectivity index (χ2v) is 3.68. The van der Waals surface area contributed by atoms with Gasteiger partial charge in [0.1, 0.15) is 0 Å². The first kappa shape index (κ1) is 10.2. The van der Waals surface area contributed by atoms with Gasteiger partial charge < -0.3 is 10.8 Å². The van der Waals surface area contributed by atoms with E-state index in [1.54, 1.807) is 6.92 Å². The van der Waals surface area contributed by atoms with Gasteiger partial charge in [-0.05, 0) is 32.4 Å². The van der Waals surface area contributed by atoms with E-state index in [2.05, 4.69) is 0 Å². The molecule has 0 saturated carbocycles. The highest BCUT2D eigenvalue weighted by molar-refractivity contribution is 5.26. The largest absolute Gasteiger partial charge is 0.385 e. The Morgan fingerprint density at radius 2 is 2.15 bits per heavy atom. The minimum absolute atomic E-state index is 0.501. The number of aliphatic hydroxyl groups is 1. The first-order valence-electron chi connectivity index (χ1n) is 4.56. The van der Waals surface area contributed by atoms with Crippen molar-refractivity contribution in [1.82, 2.24) is 0 Å². The summed E-state index contributed by atoms with van der Waals surface area (Å²) < 4.78 is 0. The Morgan fingerprint density at radius 3 is 2.69 bits per heavy atom. The molecule has 3 N–H and O–H groups in total. The molecule has 13 heavy (non-hydrogen) atoms. The van der Waals surface area contributed by atoms with Gasteiger partial charge in [0.15, 0.2) is 0 Å². The Hall–Kier alpha value is -0.860. The van der Waals surface area contributed by atoms with Crippen LogP contribution in [0.2, 0.25) is 0 Å². The molecule has 0 aliphatic carbocycles. The summed E-state index contributed by atoms with van der Waals surface area (Å²) in [4.78, 5) is 0. The predicted molar refractivity (Wildman–Crippen MR) is 54.4 cm³/mol. The van der Waals surface area contributed by atoms with Crippen molar-refractivity contribution in [2.75, 3.05) is 6.54 Å². The Balaban J connectivity index is 2.93. The fraction of sp³-hybridized carbons (Fsp3) is 0.455. The van der Waals surface area contributed by atoms with Gasteiger partial charge in [-0.15, -0.1) is 0 Å². The highest BCUT2D eigenvalue weighted by Crippen LogP contribution is 2.24. The van der Waals surface area contributed by atoms with Gasteiger partial charge in [-0.3, -0.25) is 0 Å². The number of hydrogen-bond acceptors (Lipinski definition) is 2. The van der Waals surface area contributed by atoms with Crippen molar-refractivity contribution in [3.8, 4) is 0 Å². The molecule has 0 bridgehead atoms. The number of nitrogens with two attached hydrogens (primary N) is 1. The van der Waals surface area contributed by atoms with E-state index in [-0.39, 0.29) is 0 Å². The summed E-state index contributed by atoms with van der Waals surface area (Å²) >= 11 is 0. The molecule has 1 rings (SSSR count). The van der Waals surface area contributed by atoms with Crippen LogP contribution in [0.4, 0.5) is 0 Å². The molecule has 1 unspecified atom stereocenters. The van der Waals surface area contributed by atoms with Crippen LogP contribution in [0.1, 0.15) is 24.5 Å². The fourth-order valence-electron chi connectivity index (χ4n) is 1.41. The molecule has 0 heterocycles. The van der Waals surface area contributed by atoms with Crippen molar-refractivity contribution < 1.29 is 5.11 Å². The topological polar surface area (TPSA) is 46.2 Å². The van der Waals surface area contributed by atoms with Crippen molar-refractivity contribution in [3.05, 3.63) is 35.4 Å². The van der Waals surface area contributed by atoms with Gasteiger partial charge in [0, 0.05) is 0 Å². The average Bonchev–Trinajstić information content (AvgIpc) is 2.04. The average molecular weight is 179 g/mol. The lowest BCUT2D eigenvalue weighted by Gasteiger charge is -2.23. The molecule has 2 heteroatoms. The van der Waals surface area contributed by atoms with Crippen LogP contribution in [0.5, 0.6) is 0 Å². The number of hydrogen-bond donors (Lipinski definition) is 2. The van der Waals surface area contributed by atoms with Gasteiger partial charge in [-0.1, -0.05) is 29.8 Å². The Kier molecular flexibility index (Phi) is 3.07. The third kappa shape index (κ3) is 2.54. The maximum atomic E-state index is 10.0. The zero-order chi connectivity index (χ0) is 9.90. The SMILES string of the molecule is Cc1cccc(C(C)(O)CCN)c1. The van der Waals surface area contributed by atoms with Gasteiger partial charge in [0.25, 0.3) is 0 Å². The molecule has 1 aromatic rings. The van der Waals surface area contributed by atoms with Crippen LogP contribution in [0, 0.1) is 6.92 Å². The molecule has 0 aliphatic rings. The Labute approximate surface area is 79.4 Å². The van der Waals surface area contributed by atoms with Crippen molar-refractivity contribution >= 4 is 0 Å². The van der Waals surface area contributed by atoms with Crippen LogP contribution in [-0.4, -0.2) is 11.7 Å². The highest BCUT2D eigenvalue weighted by Gasteiger charge is 2.21. The second-order valence-electron chi connectivity index (χ2n) is 3.68. The van der Waals surface area contributed by atoms with Gasteiger partial charge in [0.2, 0.25) is 0 Å². The highest BCUT2D eigenvalue weighted by atomic mass is 16.3. The molecule has 1 aromatic carbocycles. The van der Waals surface area contributed by atoms with Crippen molar-refractivity contribution in [2.45, 2.75) is 25.9 Å². The molecule has 0 aromatic heterocycles. The maximum absolute atomic E-state index is 10.0. The van der Waals surface area contributed by atoms with Crippen molar-refractivity contribution in [1.29, 1.82) is 0 Å². The van der Waals surface area contributed by atoms with Crippen LogP contribution in [0.15, 0.2) is 24.3 Å². The first-order valence-corrected chi connectivity index (χ1v) is 4.56. The standard InChI is InChI=1S/C11H17NO/c1-9-4-3-5-10(8-9)11(2,13)6-7-12/h3-5,8,13H,6-7,12H2,1-2H3. The van der Waals surface area contributed by atoms with Crippen LogP contribution < -0.4 is 5.73 Å². The summed E-state index contributed by atoms with van der Waals surface area (Å²) in [5.41, 5.74) is 6.74. The molecule has 0 amide bonds. The lowest BCUT2D eigenvalue weighted by atomic mass is 9.92. The molecule has 2 nitrogen and oxygen atoms in total. The lowest BCUT2D eigenvalue weighted by molar-refractivity contribution is 0.0504. The maximum Gasteiger partial charge on any atom is 0.0880 e. The summed E-state index contributed by atoms with van der Waals surface area (Å²) in [6.07, 6.45) is 0.594. The van der Waals surface area contributed by atoms with Gasteiger partial charge >= 0.3 is 0 Å². The Morgan fingerprint density at radius 1 is 1.46 bits per heavy atom. The van der Waals surface area contributed by atoms with E-state index in [9.17, 15) is 5.11 Å². The number of aryl methyl sites for hydroxylation is 1. The fourth-order valence-corrected chi connectivity index (χ4v) is 1.41. The third-order valence-electron chi connectivity index (χ3n) is 2.27. The molecular weight excluding hydrogens is 162 g/mol. The molecule has 72 valence electrons. The normalized spacial score (nSPS) is 15.4. The molecular formula is C11H17NO. The van der Waals surface area contributed by atoms with E-state index < -0.39 is 5.60 Å². The minimum atomic E-state index is -0.791. The van der Waals surface area contributed by atoms with Crippen LogP contribution in [-0.2, 0) is 5.60 Å². The van der Waals surface area contributed by atoms with Crippen LogP contribution in [0.3, 0.4) is 0 Å². The molecule has 0 spiro atoms. The van der Waals surface area contributed by atoms with Gasteiger partial charge in [0.05, 0.1) is 5.60 Å². The van der Waals surface area contributed by atoms with E-state index in [1.807, 2.05) is 31.2 Å². The van der Waals surface area contributed by atoms with E-state index in [0.29, 0.717) is 13.0 Å². The van der Waals surface area contributed by atoms with Crippen LogP contribution >= 0.6 is 0 Å². The monoisotopic (exact) mass is 179 g/mol. The second kappa shape index (κ2) is 3.90. The van der Waals surface area contributed by atoms with E-state index >= 15 is 0 Å². The number of rotatable bonds is 3. The summed E-state index contributed by atoms with van der Waals surface area (Å²) in [6.45, 7) is 4.32. The van der Waals surface area contributed by atoms with Crippen molar-refractivity contribution in [3.63, 3.8) is 0 Å². The summed E-state index contributed by atoms with van der Waals surface area (Å²) in [5.74, 6) is 0. The smallest absolute Gasteiger partial charge is 0.0880 e. The lowest BCUT2D eigenvalue weighted by Crippen LogP contribution is -2.24. The minimum Gasteiger partial charge on any atom is -0.385 e. The first-order chi connectivity index (χ1) is 6.06. The molecule has 0 aliphatic heterocycles. The zero-order valence-corrected chi connectivity index (χ0v) is 8.25. The van der Waals surface area contributed by atoms with E-state index in [1.165, 1.54) is 0 Å². The molecule has 0 radical (unpaired) electrons. The summed E-state index contributed by atoms with van der Waals surface area (Å²) in [7, 11) is 0. The van der Waals surface area contributed by atoms with E-state index in [4.69, 9.17) is 5.73 Å². The van der Waals surface area contributed by atoms with E-state index in [0.717, 1.165) is 11.1 Å². The zero-order valence-electron chi connectivity index (χ0n) is 8.25. The summed E-state index contributed by atoms with van der Waals surface area (Å²) in [6, 6.07) is 7.90. The summed E-state index contributed by atoms with van der Waals surface area (Å²) in [5, 5.41) is 10.0. The third-order valence-corrected chi connectivity index (χ3v) is 2.27.